The van der Waals surface area contributed by atoms with E-state index in [4.69, 9.17) is 10.5 Å². The maximum Gasteiger partial charge on any atom is 0.244 e. The van der Waals surface area contributed by atoms with Crippen LogP contribution in [0.4, 0.5) is 0 Å². The Hall–Kier alpha value is -1.39. The van der Waals surface area contributed by atoms with E-state index >= 15 is 0 Å². The summed E-state index contributed by atoms with van der Waals surface area (Å²) in [6.45, 7) is 4.35. The van der Waals surface area contributed by atoms with Gasteiger partial charge in [-0.1, -0.05) is 37.3 Å². The molecule has 1 saturated carbocycles. The largest absolute Gasteiger partial charge is 0.376 e. The van der Waals surface area contributed by atoms with Crippen molar-refractivity contribution in [1.82, 2.24) is 5.32 Å². The van der Waals surface area contributed by atoms with Crippen LogP contribution in [0.15, 0.2) is 30.3 Å². The second kappa shape index (κ2) is 6.37. The van der Waals surface area contributed by atoms with E-state index < -0.39 is 5.54 Å². The molecular formula is C16H24N2O2. The Morgan fingerprint density at radius 2 is 2.10 bits per heavy atom. The average Bonchev–Trinajstić information content (AvgIpc) is 3.27. The lowest BCUT2D eigenvalue weighted by Crippen LogP contribution is -2.57. The number of rotatable bonds is 8. The van der Waals surface area contributed by atoms with E-state index in [1.165, 1.54) is 0 Å². The predicted molar refractivity (Wildman–Crippen MR) is 79.2 cm³/mol. The van der Waals surface area contributed by atoms with Gasteiger partial charge in [-0.25, -0.2) is 0 Å². The van der Waals surface area contributed by atoms with Crippen LogP contribution < -0.4 is 11.1 Å². The van der Waals surface area contributed by atoms with Gasteiger partial charge < -0.3 is 10.5 Å². The summed E-state index contributed by atoms with van der Waals surface area (Å²) in [6, 6.07) is 10.0. The lowest BCUT2D eigenvalue weighted by Gasteiger charge is -2.33. The third-order valence-electron chi connectivity index (χ3n) is 3.87. The molecular weight excluding hydrogens is 252 g/mol. The molecule has 1 fully saturated rings. The smallest absolute Gasteiger partial charge is 0.244 e. The summed E-state index contributed by atoms with van der Waals surface area (Å²) >= 11 is 0. The van der Waals surface area contributed by atoms with Crippen LogP contribution >= 0.6 is 0 Å². The first kappa shape index (κ1) is 15.0. The molecule has 2 rings (SSSR count). The minimum atomic E-state index is -0.925. The van der Waals surface area contributed by atoms with Crippen molar-refractivity contribution in [3.63, 3.8) is 0 Å². The lowest BCUT2D eigenvalue weighted by molar-refractivity contribution is -0.129. The van der Waals surface area contributed by atoms with Crippen LogP contribution in [0.25, 0.3) is 0 Å². The maximum atomic E-state index is 12.2. The van der Waals surface area contributed by atoms with Crippen molar-refractivity contribution >= 4 is 5.91 Å². The van der Waals surface area contributed by atoms with Crippen molar-refractivity contribution in [1.29, 1.82) is 0 Å². The van der Waals surface area contributed by atoms with Crippen molar-refractivity contribution in [2.45, 2.75) is 50.8 Å². The Bertz CT molecular complexity index is 445. The quantitative estimate of drug-likeness (QED) is 0.762. The lowest BCUT2D eigenvalue weighted by atomic mass is 9.89. The monoisotopic (exact) mass is 276 g/mol. The molecule has 2 atom stereocenters. The van der Waals surface area contributed by atoms with Crippen LogP contribution in [-0.2, 0) is 15.1 Å². The van der Waals surface area contributed by atoms with Gasteiger partial charge in [-0.05, 0) is 31.7 Å². The van der Waals surface area contributed by atoms with Crippen LogP contribution in [0, 0.1) is 0 Å². The second-order valence-electron chi connectivity index (χ2n) is 5.58. The fourth-order valence-electron chi connectivity index (χ4n) is 2.18. The van der Waals surface area contributed by atoms with Crippen LogP contribution in [0.5, 0.6) is 0 Å². The van der Waals surface area contributed by atoms with Gasteiger partial charge in [0, 0.05) is 6.04 Å². The molecule has 0 aliphatic heterocycles. The topological polar surface area (TPSA) is 64.3 Å². The standard InChI is InChI=1S/C16H24N2O2/c1-3-12(2)20-11-16(15(17)19,18-14-9-10-14)13-7-5-4-6-8-13/h4-8,12,14,18H,3,9-11H2,1-2H3,(H2,17,19). The van der Waals surface area contributed by atoms with Gasteiger partial charge in [0.2, 0.25) is 5.91 Å². The highest BCUT2D eigenvalue weighted by molar-refractivity contribution is 5.86. The van der Waals surface area contributed by atoms with Crippen LogP contribution in [-0.4, -0.2) is 24.7 Å². The molecule has 4 heteroatoms. The fraction of sp³-hybridized carbons (Fsp3) is 0.562. The highest BCUT2D eigenvalue weighted by Crippen LogP contribution is 2.29. The Kier molecular flexibility index (Phi) is 4.78. The SMILES string of the molecule is CCC(C)OCC(NC1CC1)(C(N)=O)c1ccccc1. The van der Waals surface area contributed by atoms with Crippen LogP contribution in [0.3, 0.4) is 0 Å². The molecule has 1 amide bonds. The zero-order chi connectivity index (χ0) is 14.6. The molecule has 0 saturated heterocycles. The maximum absolute atomic E-state index is 12.2. The van der Waals surface area contributed by atoms with Gasteiger partial charge >= 0.3 is 0 Å². The van der Waals surface area contributed by atoms with Gasteiger partial charge in [-0.3, -0.25) is 10.1 Å². The van der Waals surface area contributed by atoms with E-state index in [9.17, 15) is 4.79 Å². The number of nitrogens with two attached hydrogens (primary N) is 1. The number of benzene rings is 1. The number of ether oxygens (including phenoxy) is 1. The van der Waals surface area contributed by atoms with E-state index in [0.717, 1.165) is 24.8 Å². The van der Waals surface area contributed by atoms with Gasteiger partial charge in [0.25, 0.3) is 0 Å². The van der Waals surface area contributed by atoms with Crippen molar-refractivity contribution in [3.05, 3.63) is 35.9 Å². The molecule has 0 spiro atoms. The molecule has 2 unspecified atom stereocenters. The van der Waals surface area contributed by atoms with Gasteiger partial charge in [0.05, 0.1) is 12.7 Å². The summed E-state index contributed by atoms with van der Waals surface area (Å²) in [6.07, 6.45) is 3.20. The summed E-state index contributed by atoms with van der Waals surface area (Å²) in [4.78, 5) is 12.2. The zero-order valence-electron chi connectivity index (χ0n) is 12.3. The number of primary amides is 1. The van der Waals surface area contributed by atoms with Gasteiger partial charge in [0.1, 0.15) is 5.54 Å². The molecule has 1 aliphatic rings. The van der Waals surface area contributed by atoms with Crippen molar-refractivity contribution in [3.8, 4) is 0 Å². The third-order valence-corrected chi connectivity index (χ3v) is 3.87. The van der Waals surface area contributed by atoms with Crippen LogP contribution in [0.2, 0.25) is 0 Å². The van der Waals surface area contributed by atoms with Gasteiger partial charge in [-0.2, -0.15) is 0 Å². The van der Waals surface area contributed by atoms with E-state index in [1.54, 1.807) is 0 Å². The molecule has 20 heavy (non-hydrogen) atoms. The molecule has 0 aromatic heterocycles. The highest BCUT2D eigenvalue weighted by Gasteiger charge is 2.43. The number of amides is 1. The molecule has 4 nitrogen and oxygen atoms in total. The molecule has 0 bridgehead atoms. The number of carbonyl (C=O) groups excluding carboxylic acids is 1. The molecule has 1 aliphatic carbocycles. The number of hydrogen-bond donors (Lipinski definition) is 2. The normalized spacial score (nSPS) is 19.3. The molecule has 0 heterocycles. The summed E-state index contributed by atoms with van der Waals surface area (Å²) in [7, 11) is 0. The zero-order valence-corrected chi connectivity index (χ0v) is 12.3. The number of carbonyl (C=O) groups is 1. The second-order valence-corrected chi connectivity index (χ2v) is 5.58. The summed E-state index contributed by atoms with van der Waals surface area (Å²) < 4.78 is 5.84. The van der Waals surface area contributed by atoms with Gasteiger partial charge in [0.15, 0.2) is 0 Å². The Morgan fingerprint density at radius 1 is 1.45 bits per heavy atom. The predicted octanol–water partition coefficient (Wildman–Crippen LogP) is 1.93. The van der Waals surface area contributed by atoms with E-state index in [1.807, 2.05) is 37.3 Å². The highest BCUT2D eigenvalue weighted by atomic mass is 16.5. The number of hydrogen-bond acceptors (Lipinski definition) is 3. The Balaban J connectivity index is 2.26. The average molecular weight is 276 g/mol. The summed E-state index contributed by atoms with van der Waals surface area (Å²) in [5.74, 6) is -0.376. The Morgan fingerprint density at radius 3 is 2.60 bits per heavy atom. The number of nitrogens with one attached hydrogen (secondary N) is 1. The minimum Gasteiger partial charge on any atom is -0.376 e. The van der Waals surface area contributed by atoms with E-state index in [0.29, 0.717) is 6.04 Å². The first-order chi connectivity index (χ1) is 9.58. The first-order valence-corrected chi connectivity index (χ1v) is 7.33. The Labute approximate surface area is 120 Å². The van der Waals surface area contributed by atoms with Gasteiger partial charge in [-0.15, -0.1) is 0 Å². The molecule has 3 N–H and O–H groups in total. The first-order valence-electron chi connectivity index (χ1n) is 7.33. The van der Waals surface area contributed by atoms with E-state index in [2.05, 4.69) is 12.2 Å². The van der Waals surface area contributed by atoms with Crippen molar-refractivity contribution in [2.75, 3.05) is 6.61 Å². The molecule has 1 aromatic carbocycles. The third kappa shape index (κ3) is 3.38. The van der Waals surface area contributed by atoms with Crippen molar-refractivity contribution < 1.29 is 9.53 Å². The minimum absolute atomic E-state index is 0.110. The van der Waals surface area contributed by atoms with Crippen molar-refractivity contribution in [2.24, 2.45) is 5.73 Å². The molecule has 1 aromatic rings. The molecule has 0 radical (unpaired) electrons. The van der Waals surface area contributed by atoms with E-state index in [-0.39, 0.29) is 18.6 Å². The molecule has 110 valence electrons. The van der Waals surface area contributed by atoms with Crippen LogP contribution in [0.1, 0.15) is 38.7 Å². The fourth-order valence-corrected chi connectivity index (χ4v) is 2.18. The summed E-state index contributed by atoms with van der Waals surface area (Å²) in [5.41, 5.74) is 5.68. The summed E-state index contributed by atoms with van der Waals surface area (Å²) in [5, 5.41) is 3.40.